The van der Waals surface area contributed by atoms with Crippen molar-refractivity contribution >= 4 is 6.29 Å². The van der Waals surface area contributed by atoms with Gasteiger partial charge in [0, 0.05) is 6.42 Å². The van der Waals surface area contributed by atoms with Gasteiger partial charge in [-0.15, -0.1) is 0 Å². The average Bonchev–Trinajstić information content (AvgIpc) is 2.38. The summed E-state index contributed by atoms with van der Waals surface area (Å²) in [4.78, 5) is 10.1. The highest BCUT2D eigenvalue weighted by atomic mass is 16.1. The van der Waals surface area contributed by atoms with Crippen LogP contribution in [0.1, 0.15) is 97.3 Å². The predicted molar refractivity (Wildman–Crippen MR) is 80.9 cm³/mol. The Kier molecular flexibility index (Phi) is 14.5. The third kappa shape index (κ3) is 13.7. The molecule has 0 spiro atoms. The molecule has 1 nitrogen and oxygen atoms in total. The Bertz CT molecular complexity index is 165. The molecule has 18 heavy (non-hydrogen) atoms. The Morgan fingerprint density at radius 1 is 0.778 bits per heavy atom. The highest BCUT2D eigenvalue weighted by Crippen LogP contribution is 2.17. The molecule has 0 N–H and O–H groups in total. The number of carbonyl (C=O) groups excluding carboxylic acids is 1. The summed E-state index contributed by atoms with van der Waals surface area (Å²) in [7, 11) is 0. The lowest BCUT2D eigenvalue weighted by Crippen LogP contribution is -1.95. The molecule has 1 atom stereocenters. The van der Waals surface area contributed by atoms with Crippen molar-refractivity contribution in [3.8, 4) is 0 Å². The van der Waals surface area contributed by atoms with Gasteiger partial charge in [0.05, 0.1) is 0 Å². The van der Waals surface area contributed by atoms with E-state index in [1.807, 2.05) is 0 Å². The first-order valence-electron chi connectivity index (χ1n) is 8.24. The molecule has 1 heteroatoms. The maximum atomic E-state index is 10.1. The highest BCUT2D eigenvalue weighted by Gasteiger charge is 2.01. The summed E-state index contributed by atoms with van der Waals surface area (Å²) < 4.78 is 0. The lowest BCUT2D eigenvalue weighted by atomic mass is 9.96. The van der Waals surface area contributed by atoms with E-state index in [2.05, 4.69) is 13.8 Å². The SMILES string of the molecule is CCCCCCC(C)CCCCCCCCC=O. The molecule has 1 unspecified atom stereocenters. The van der Waals surface area contributed by atoms with Crippen molar-refractivity contribution in [3.63, 3.8) is 0 Å². The Hall–Kier alpha value is -0.330. The molecule has 0 rings (SSSR count). The molecule has 0 radical (unpaired) electrons. The van der Waals surface area contributed by atoms with Crippen molar-refractivity contribution in [2.75, 3.05) is 0 Å². The fourth-order valence-electron chi connectivity index (χ4n) is 2.49. The van der Waals surface area contributed by atoms with E-state index in [0.29, 0.717) is 0 Å². The number of hydrogen-bond acceptors (Lipinski definition) is 1. The van der Waals surface area contributed by atoms with Crippen LogP contribution < -0.4 is 0 Å². The Balaban J connectivity index is 3.10. The van der Waals surface area contributed by atoms with Gasteiger partial charge in [-0.1, -0.05) is 84.5 Å². The van der Waals surface area contributed by atoms with E-state index in [0.717, 1.165) is 25.0 Å². The first kappa shape index (κ1) is 17.7. The molecule has 0 aromatic rings. The number of aldehydes is 1. The van der Waals surface area contributed by atoms with Gasteiger partial charge in [-0.3, -0.25) is 0 Å². The summed E-state index contributed by atoms with van der Waals surface area (Å²) in [6.45, 7) is 4.69. The molecule has 108 valence electrons. The largest absolute Gasteiger partial charge is 0.303 e. The fraction of sp³-hybridized carbons (Fsp3) is 0.941. The Labute approximate surface area is 115 Å². The summed E-state index contributed by atoms with van der Waals surface area (Å²) in [5, 5.41) is 0. The van der Waals surface area contributed by atoms with Crippen molar-refractivity contribution in [1.29, 1.82) is 0 Å². The first-order chi connectivity index (χ1) is 8.81. The zero-order valence-corrected chi connectivity index (χ0v) is 12.8. The van der Waals surface area contributed by atoms with Crippen LogP contribution in [0.15, 0.2) is 0 Å². The topological polar surface area (TPSA) is 17.1 Å². The molecule has 0 aliphatic rings. The van der Waals surface area contributed by atoms with E-state index in [1.54, 1.807) is 0 Å². The van der Waals surface area contributed by atoms with Crippen molar-refractivity contribution in [3.05, 3.63) is 0 Å². The van der Waals surface area contributed by atoms with Gasteiger partial charge in [0.1, 0.15) is 6.29 Å². The molecule has 0 saturated heterocycles. The first-order valence-corrected chi connectivity index (χ1v) is 8.24. The fourth-order valence-corrected chi connectivity index (χ4v) is 2.49. The van der Waals surface area contributed by atoms with Crippen LogP contribution >= 0.6 is 0 Å². The van der Waals surface area contributed by atoms with E-state index in [9.17, 15) is 4.79 Å². The summed E-state index contributed by atoms with van der Waals surface area (Å²) in [6.07, 6.45) is 18.1. The molecule has 0 aliphatic carbocycles. The predicted octanol–water partition coefficient (Wildman–Crippen LogP) is 5.91. The van der Waals surface area contributed by atoms with Crippen molar-refractivity contribution < 1.29 is 4.79 Å². The Morgan fingerprint density at radius 2 is 1.28 bits per heavy atom. The second kappa shape index (κ2) is 14.7. The maximum Gasteiger partial charge on any atom is 0.119 e. The quantitative estimate of drug-likeness (QED) is 0.278. The van der Waals surface area contributed by atoms with Gasteiger partial charge in [0.2, 0.25) is 0 Å². The molecular formula is C17H34O. The van der Waals surface area contributed by atoms with E-state index in [4.69, 9.17) is 0 Å². The Morgan fingerprint density at radius 3 is 1.83 bits per heavy atom. The molecular weight excluding hydrogens is 220 g/mol. The monoisotopic (exact) mass is 254 g/mol. The summed E-state index contributed by atoms with van der Waals surface area (Å²) in [5.41, 5.74) is 0. The number of rotatable bonds is 14. The molecule has 0 amide bonds. The van der Waals surface area contributed by atoms with Gasteiger partial charge < -0.3 is 4.79 Å². The molecule has 0 heterocycles. The van der Waals surface area contributed by atoms with Crippen LogP contribution in [0.25, 0.3) is 0 Å². The highest BCUT2D eigenvalue weighted by molar-refractivity contribution is 5.48. The summed E-state index contributed by atoms with van der Waals surface area (Å²) in [6, 6.07) is 0. The molecule has 0 bridgehead atoms. The molecule has 0 aromatic carbocycles. The van der Waals surface area contributed by atoms with Crippen LogP contribution in [-0.4, -0.2) is 6.29 Å². The zero-order chi connectivity index (χ0) is 13.5. The van der Waals surface area contributed by atoms with Crippen LogP contribution in [0.2, 0.25) is 0 Å². The van der Waals surface area contributed by atoms with Crippen LogP contribution in [0.5, 0.6) is 0 Å². The average molecular weight is 254 g/mol. The van der Waals surface area contributed by atoms with Crippen molar-refractivity contribution in [2.45, 2.75) is 97.3 Å². The minimum Gasteiger partial charge on any atom is -0.303 e. The normalized spacial score (nSPS) is 12.6. The number of unbranched alkanes of at least 4 members (excludes halogenated alkanes) is 9. The van der Waals surface area contributed by atoms with Gasteiger partial charge in [-0.05, 0) is 12.3 Å². The standard InChI is InChI=1S/C17H34O/c1-3-4-5-11-14-17(2)15-12-9-7-6-8-10-13-16-18/h16-17H,3-15H2,1-2H3. The minimum atomic E-state index is 0.759. The second-order valence-electron chi connectivity index (χ2n) is 5.82. The van der Waals surface area contributed by atoms with Gasteiger partial charge in [-0.2, -0.15) is 0 Å². The zero-order valence-electron chi connectivity index (χ0n) is 12.8. The van der Waals surface area contributed by atoms with Gasteiger partial charge >= 0.3 is 0 Å². The van der Waals surface area contributed by atoms with Gasteiger partial charge in [0.15, 0.2) is 0 Å². The minimum absolute atomic E-state index is 0.759. The molecule has 0 saturated carbocycles. The third-order valence-electron chi connectivity index (χ3n) is 3.82. The van der Waals surface area contributed by atoms with E-state index in [-0.39, 0.29) is 0 Å². The van der Waals surface area contributed by atoms with E-state index < -0.39 is 0 Å². The third-order valence-corrected chi connectivity index (χ3v) is 3.82. The van der Waals surface area contributed by atoms with Gasteiger partial charge in [0.25, 0.3) is 0 Å². The van der Waals surface area contributed by atoms with Gasteiger partial charge in [-0.25, -0.2) is 0 Å². The summed E-state index contributed by atoms with van der Waals surface area (Å²) >= 11 is 0. The van der Waals surface area contributed by atoms with Crippen LogP contribution in [-0.2, 0) is 4.79 Å². The second-order valence-corrected chi connectivity index (χ2v) is 5.82. The van der Waals surface area contributed by atoms with E-state index >= 15 is 0 Å². The lowest BCUT2D eigenvalue weighted by molar-refractivity contribution is -0.107. The maximum absolute atomic E-state index is 10.1. The van der Waals surface area contributed by atoms with Crippen molar-refractivity contribution in [1.82, 2.24) is 0 Å². The molecule has 0 fully saturated rings. The molecule has 0 aromatic heterocycles. The van der Waals surface area contributed by atoms with Crippen molar-refractivity contribution in [2.24, 2.45) is 5.92 Å². The number of hydrogen-bond donors (Lipinski definition) is 0. The smallest absolute Gasteiger partial charge is 0.119 e. The molecule has 0 aliphatic heterocycles. The summed E-state index contributed by atoms with van der Waals surface area (Å²) in [5.74, 6) is 0.928. The van der Waals surface area contributed by atoms with Crippen LogP contribution in [0.3, 0.4) is 0 Å². The van der Waals surface area contributed by atoms with E-state index in [1.165, 1.54) is 70.6 Å². The van der Waals surface area contributed by atoms with Crippen LogP contribution in [0.4, 0.5) is 0 Å². The van der Waals surface area contributed by atoms with Crippen LogP contribution in [0, 0.1) is 5.92 Å². The number of carbonyl (C=O) groups is 1. The lowest BCUT2D eigenvalue weighted by Gasteiger charge is -2.10.